The Bertz CT molecular complexity index is 1300. The van der Waals surface area contributed by atoms with Crippen LogP contribution in [0.2, 0.25) is 0 Å². The molecule has 3 aliphatic rings. The molecular weight excluding hydrogens is 402 g/mol. The molecule has 1 saturated heterocycles. The van der Waals surface area contributed by atoms with Crippen LogP contribution in [0.1, 0.15) is 39.9 Å². The topological polar surface area (TPSA) is 69.7 Å². The van der Waals surface area contributed by atoms with Gasteiger partial charge in [0, 0.05) is 37.0 Å². The molecule has 0 spiro atoms. The van der Waals surface area contributed by atoms with Gasteiger partial charge in [-0.2, -0.15) is 0 Å². The first kappa shape index (κ1) is 19.2. The molecule has 3 heterocycles. The number of fused-ring (bicyclic) bond motifs is 1. The predicted molar refractivity (Wildman–Crippen MR) is 121 cm³/mol. The van der Waals surface area contributed by atoms with Crippen molar-refractivity contribution in [3.63, 3.8) is 0 Å². The summed E-state index contributed by atoms with van der Waals surface area (Å²) in [5.74, 6) is -0.838. The minimum absolute atomic E-state index is 0.163. The van der Waals surface area contributed by atoms with Crippen LogP contribution in [0.25, 0.3) is 10.8 Å². The van der Waals surface area contributed by atoms with E-state index in [0.29, 0.717) is 12.0 Å². The summed E-state index contributed by atoms with van der Waals surface area (Å²) in [6.07, 6.45) is 1.63. The molecule has 6 nitrogen and oxygen atoms in total. The lowest BCUT2D eigenvalue weighted by atomic mass is 9.97. The summed E-state index contributed by atoms with van der Waals surface area (Å²) < 4.78 is 0. The first-order valence-electron chi connectivity index (χ1n) is 11.1. The Morgan fingerprint density at radius 2 is 1.75 bits per heavy atom. The van der Waals surface area contributed by atoms with Gasteiger partial charge in [-0.3, -0.25) is 29.5 Å². The molecule has 1 unspecified atom stereocenters. The van der Waals surface area contributed by atoms with Gasteiger partial charge in [0.25, 0.3) is 5.91 Å². The van der Waals surface area contributed by atoms with Gasteiger partial charge in [0.2, 0.25) is 11.8 Å². The minimum Gasteiger partial charge on any atom is -0.295 e. The second-order valence-electron chi connectivity index (χ2n) is 8.84. The average molecular weight is 425 g/mol. The Hall–Kier alpha value is -3.51. The summed E-state index contributed by atoms with van der Waals surface area (Å²) in [4.78, 5) is 41.4. The van der Waals surface area contributed by atoms with E-state index in [1.807, 2.05) is 24.3 Å². The van der Waals surface area contributed by atoms with Gasteiger partial charge in [0.15, 0.2) is 0 Å². The van der Waals surface area contributed by atoms with Crippen LogP contribution in [0.4, 0.5) is 5.69 Å². The van der Waals surface area contributed by atoms with Crippen LogP contribution in [0.15, 0.2) is 54.6 Å². The van der Waals surface area contributed by atoms with Crippen molar-refractivity contribution in [2.45, 2.75) is 38.4 Å². The van der Waals surface area contributed by atoms with Crippen molar-refractivity contribution in [2.75, 3.05) is 11.4 Å². The highest BCUT2D eigenvalue weighted by Crippen LogP contribution is 2.41. The maximum atomic E-state index is 13.3. The highest BCUT2D eigenvalue weighted by molar-refractivity contribution is 6.27. The van der Waals surface area contributed by atoms with Crippen molar-refractivity contribution in [3.8, 4) is 0 Å². The van der Waals surface area contributed by atoms with Crippen LogP contribution in [0, 0.1) is 0 Å². The summed E-state index contributed by atoms with van der Waals surface area (Å²) in [6.45, 7) is 2.73. The summed E-state index contributed by atoms with van der Waals surface area (Å²) >= 11 is 0. The highest BCUT2D eigenvalue weighted by atomic mass is 16.2. The van der Waals surface area contributed by atoms with Crippen LogP contribution in [-0.2, 0) is 29.1 Å². The van der Waals surface area contributed by atoms with Gasteiger partial charge >= 0.3 is 0 Å². The summed E-state index contributed by atoms with van der Waals surface area (Å²) in [7, 11) is 0. The van der Waals surface area contributed by atoms with E-state index in [1.54, 1.807) is 4.90 Å². The summed E-state index contributed by atoms with van der Waals surface area (Å²) in [5.41, 5.74) is 5.39. The standard InChI is InChI=1S/C26H23N3O3/c30-23-11-10-22(25(31)27-23)29-21-7-3-6-19-18(8-9-20(24(19)21)26(29)32)15-28-13-12-16-4-1-2-5-17(16)14-28/h1-9,22H,10-15H2,(H,27,30,31). The lowest BCUT2D eigenvalue weighted by molar-refractivity contribution is -0.134. The number of anilines is 1. The molecule has 3 amide bonds. The first-order chi connectivity index (χ1) is 15.6. The lowest BCUT2D eigenvalue weighted by Crippen LogP contribution is -2.53. The van der Waals surface area contributed by atoms with E-state index in [9.17, 15) is 14.4 Å². The molecule has 1 atom stereocenters. The zero-order chi connectivity index (χ0) is 21.8. The number of piperidine rings is 1. The van der Waals surface area contributed by atoms with Crippen molar-refractivity contribution in [3.05, 3.63) is 76.9 Å². The molecule has 6 heteroatoms. The Morgan fingerprint density at radius 3 is 2.59 bits per heavy atom. The van der Waals surface area contributed by atoms with E-state index < -0.39 is 11.9 Å². The fourth-order valence-corrected chi connectivity index (χ4v) is 5.37. The van der Waals surface area contributed by atoms with Crippen molar-refractivity contribution in [1.82, 2.24) is 10.2 Å². The number of nitrogens with zero attached hydrogens (tertiary/aromatic N) is 2. The van der Waals surface area contributed by atoms with Crippen molar-refractivity contribution in [2.24, 2.45) is 0 Å². The first-order valence-corrected chi connectivity index (χ1v) is 11.1. The molecule has 0 bridgehead atoms. The van der Waals surface area contributed by atoms with E-state index in [-0.39, 0.29) is 18.2 Å². The van der Waals surface area contributed by atoms with E-state index in [0.717, 1.165) is 42.5 Å². The Labute approximate surface area is 185 Å². The monoisotopic (exact) mass is 425 g/mol. The maximum Gasteiger partial charge on any atom is 0.259 e. The molecule has 160 valence electrons. The van der Waals surface area contributed by atoms with Crippen LogP contribution < -0.4 is 10.2 Å². The van der Waals surface area contributed by atoms with Gasteiger partial charge in [-0.25, -0.2) is 0 Å². The number of carbonyl (C=O) groups excluding carboxylic acids is 3. The zero-order valence-electron chi connectivity index (χ0n) is 17.6. The fourth-order valence-electron chi connectivity index (χ4n) is 5.37. The van der Waals surface area contributed by atoms with Gasteiger partial charge in [-0.1, -0.05) is 42.5 Å². The number of nitrogens with one attached hydrogen (secondary N) is 1. The van der Waals surface area contributed by atoms with Crippen LogP contribution in [0.3, 0.4) is 0 Å². The number of hydrogen-bond donors (Lipinski definition) is 1. The third kappa shape index (κ3) is 2.94. The number of carbonyl (C=O) groups is 3. The normalized spacial score (nSPS) is 20.6. The SMILES string of the molecule is O=C1CCC(N2C(=O)c3ccc(CN4CCc5ccccc5C4)c4cccc2c34)C(=O)N1. The zero-order valence-corrected chi connectivity index (χ0v) is 17.6. The fraction of sp³-hybridized carbons (Fsp3) is 0.269. The number of hydrogen-bond acceptors (Lipinski definition) is 4. The Balaban J connectivity index is 1.35. The lowest BCUT2D eigenvalue weighted by Gasteiger charge is -2.30. The number of benzene rings is 3. The summed E-state index contributed by atoms with van der Waals surface area (Å²) in [5, 5.41) is 4.35. The van der Waals surface area contributed by atoms with E-state index in [2.05, 4.69) is 40.5 Å². The second kappa shape index (κ2) is 7.28. The number of amides is 3. The quantitative estimate of drug-likeness (QED) is 0.655. The molecule has 0 aromatic heterocycles. The third-order valence-electron chi connectivity index (χ3n) is 6.94. The molecule has 0 aliphatic carbocycles. The van der Waals surface area contributed by atoms with Crippen LogP contribution in [-0.4, -0.2) is 35.2 Å². The molecule has 32 heavy (non-hydrogen) atoms. The minimum atomic E-state index is -0.653. The molecule has 3 aromatic carbocycles. The molecule has 0 radical (unpaired) electrons. The molecular formula is C26H23N3O3. The van der Waals surface area contributed by atoms with Gasteiger partial charge in [-0.05, 0) is 47.1 Å². The van der Waals surface area contributed by atoms with Gasteiger partial charge in [0.05, 0.1) is 5.69 Å². The highest BCUT2D eigenvalue weighted by Gasteiger charge is 2.40. The summed E-state index contributed by atoms with van der Waals surface area (Å²) in [6, 6.07) is 17.8. The van der Waals surface area contributed by atoms with Crippen molar-refractivity contribution >= 4 is 34.2 Å². The average Bonchev–Trinajstić information content (AvgIpc) is 3.08. The number of rotatable bonds is 3. The van der Waals surface area contributed by atoms with Crippen molar-refractivity contribution < 1.29 is 14.4 Å². The largest absolute Gasteiger partial charge is 0.295 e. The predicted octanol–water partition coefficient (Wildman–Crippen LogP) is 3.16. The van der Waals surface area contributed by atoms with Crippen LogP contribution >= 0.6 is 0 Å². The Kier molecular flexibility index (Phi) is 4.36. The molecule has 3 aliphatic heterocycles. The molecule has 6 rings (SSSR count). The van der Waals surface area contributed by atoms with Crippen molar-refractivity contribution in [1.29, 1.82) is 0 Å². The molecule has 1 N–H and O–H groups in total. The van der Waals surface area contributed by atoms with Gasteiger partial charge in [0.1, 0.15) is 6.04 Å². The van der Waals surface area contributed by atoms with Crippen LogP contribution in [0.5, 0.6) is 0 Å². The van der Waals surface area contributed by atoms with E-state index in [1.165, 1.54) is 16.7 Å². The molecule has 0 saturated carbocycles. The molecule has 3 aromatic rings. The van der Waals surface area contributed by atoms with E-state index >= 15 is 0 Å². The van der Waals surface area contributed by atoms with Gasteiger partial charge < -0.3 is 0 Å². The maximum absolute atomic E-state index is 13.3. The van der Waals surface area contributed by atoms with E-state index in [4.69, 9.17) is 0 Å². The smallest absolute Gasteiger partial charge is 0.259 e. The third-order valence-corrected chi connectivity index (χ3v) is 6.94. The van der Waals surface area contributed by atoms with Gasteiger partial charge in [-0.15, -0.1) is 0 Å². The number of imide groups is 1. The Morgan fingerprint density at radius 1 is 0.906 bits per heavy atom. The molecule has 1 fully saturated rings. The second-order valence-corrected chi connectivity index (χ2v) is 8.84.